The smallest absolute Gasteiger partial charge is 0.0623 e. The molecule has 0 saturated carbocycles. The Morgan fingerprint density at radius 2 is 2.11 bits per heavy atom. The SMILES string of the molecule is [2H]c1ccc(CCO)cc1. The predicted molar refractivity (Wildman–Crippen MR) is 37.2 cm³/mol. The fourth-order valence-electron chi connectivity index (χ4n) is 0.717. The minimum absolute atomic E-state index is 0.178. The Hall–Kier alpha value is -0.820. The number of hydrogen-bond acceptors (Lipinski definition) is 1. The molecule has 0 aliphatic heterocycles. The van der Waals surface area contributed by atoms with Gasteiger partial charge in [-0.25, -0.2) is 0 Å². The zero-order valence-electron chi connectivity index (χ0n) is 6.17. The highest BCUT2D eigenvalue weighted by molar-refractivity contribution is 5.14. The average Bonchev–Trinajstić information content (AvgIpc) is 1.95. The Bertz CT molecular complexity index is 193. The van der Waals surface area contributed by atoms with Crippen molar-refractivity contribution in [2.45, 2.75) is 6.42 Å². The van der Waals surface area contributed by atoms with E-state index in [1.54, 1.807) is 12.1 Å². The minimum atomic E-state index is 0.178. The lowest BCUT2D eigenvalue weighted by Crippen LogP contribution is -1.88. The summed E-state index contributed by atoms with van der Waals surface area (Å²) in [4.78, 5) is 0. The molecule has 0 atom stereocenters. The Morgan fingerprint density at radius 3 is 2.67 bits per heavy atom. The van der Waals surface area contributed by atoms with Crippen LogP contribution in [0.15, 0.2) is 30.3 Å². The van der Waals surface area contributed by atoms with Crippen molar-refractivity contribution in [3.05, 3.63) is 35.9 Å². The van der Waals surface area contributed by atoms with Crippen molar-refractivity contribution in [2.75, 3.05) is 6.61 Å². The molecule has 1 N–H and O–H groups in total. The van der Waals surface area contributed by atoms with Crippen molar-refractivity contribution < 1.29 is 6.48 Å². The van der Waals surface area contributed by atoms with Gasteiger partial charge in [0.05, 0.1) is 1.37 Å². The maximum atomic E-state index is 8.54. The monoisotopic (exact) mass is 123 g/mol. The van der Waals surface area contributed by atoms with Crippen LogP contribution in [0.5, 0.6) is 0 Å². The van der Waals surface area contributed by atoms with Gasteiger partial charge in [0.15, 0.2) is 0 Å². The lowest BCUT2D eigenvalue weighted by molar-refractivity contribution is 0.299. The van der Waals surface area contributed by atoms with Crippen LogP contribution in [0.25, 0.3) is 0 Å². The van der Waals surface area contributed by atoms with Crippen LogP contribution in [-0.2, 0) is 6.42 Å². The van der Waals surface area contributed by atoms with Crippen molar-refractivity contribution in [1.29, 1.82) is 0 Å². The van der Waals surface area contributed by atoms with Crippen LogP contribution in [0.4, 0.5) is 0 Å². The molecule has 0 unspecified atom stereocenters. The topological polar surface area (TPSA) is 20.2 Å². The molecule has 1 aromatic carbocycles. The Morgan fingerprint density at radius 1 is 1.44 bits per heavy atom. The maximum absolute atomic E-state index is 8.54. The van der Waals surface area contributed by atoms with Crippen molar-refractivity contribution >= 4 is 0 Å². The van der Waals surface area contributed by atoms with E-state index in [0.29, 0.717) is 12.5 Å². The first kappa shape index (κ1) is 5.00. The lowest BCUT2D eigenvalue weighted by atomic mass is 10.2. The second-order valence-electron chi connectivity index (χ2n) is 1.88. The van der Waals surface area contributed by atoms with Gasteiger partial charge in [-0.3, -0.25) is 0 Å². The van der Waals surface area contributed by atoms with E-state index in [-0.39, 0.29) is 6.61 Å². The molecule has 0 radical (unpaired) electrons. The van der Waals surface area contributed by atoms with E-state index < -0.39 is 0 Å². The van der Waals surface area contributed by atoms with Gasteiger partial charge in [-0.2, -0.15) is 0 Å². The summed E-state index contributed by atoms with van der Waals surface area (Å²) >= 11 is 0. The minimum Gasteiger partial charge on any atom is -0.396 e. The number of aliphatic hydroxyl groups excluding tert-OH is 1. The normalized spacial score (nSPS) is 11.0. The summed E-state index contributed by atoms with van der Waals surface area (Å²) in [6, 6.07) is 7.69. The quantitative estimate of drug-likeness (QED) is 0.627. The zero-order valence-corrected chi connectivity index (χ0v) is 5.17. The summed E-state index contributed by atoms with van der Waals surface area (Å²) in [6.07, 6.45) is 0.681. The third kappa shape index (κ3) is 1.86. The average molecular weight is 123 g/mol. The summed E-state index contributed by atoms with van der Waals surface area (Å²) in [5.41, 5.74) is 1.08. The second-order valence-corrected chi connectivity index (χ2v) is 1.88. The lowest BCUT2D eigenvalue weighted by Gasteiger charge is -1.93. The molecular formula is C8H10O. The van der Waals surface area contributed by atoms with Crippen molar-refractivity contribution in [3.8, 4) is 0 Å². The van der Waals surface area contributed by atoms with Gasteiger partial charge < -0.3 is 5.11 Å². The van der Waals surface area contributed by atoms with Gasteiger partial charge in [0.2, 0.25) is 0 Å². The van der Waals surface area contributed by atoms with E-state index >= 15 is 0 Å². The molecule has 0 aliphatic rings. The fraction of sp³-hybridized carbons (Fsp3) is 0.250. The molecule has 0 aromatic heterocycles. The van der Waals surface area contributed by atoms with Crippen molar-refractivity contribution in [1.82, 2.24) is 0 Å². The number of hydrogen-bond donors (Lipinski definition) is 1. The molecule has 0 fully saturated rings. The van der Waals surface area contributed by atoms with Crippen LogP contribution in [0, 0.1) is 0 Å². The Labute approximate surface area is 56.4 Å². The first-order valence-corrected chi connectivity index (χ1v) is 2.99. The highest BCUT2D eigenvalue weighted by Gasteiger charge is 1.85. The molecule has 1 heteroatoms. The van der Waals surface area contributed by atoms with Gasteiger partial charge in [0.25, 0.3) is 0 Å². The van der Waals surface area contributed by atoms with Crippen LogP contribution in [0.2, 0.25) is 0 Å². The second kappa shape index (κ2) is 3.25. The molecule has 48 valence electrons. The summed E-state index contributed by atoms with van der Waals surface area (Å²) in [6.45, 7) is 0.178. The molecular weight excluding hydrogens is 112 g/mol. The Balaban J connectivity index is 2.69. The molecule has 0 bridgehead atoms. The van der Waals surface area contributed by atoms with Gasteiger partial charge >= 0.3 is 0 Å². The third-order valence-corrected chi connectivity index (χ3v) is 1.19. The molecule has 0 aliphatic carbocycles. The highest BCUT2D eigenvalue weighted by Crippen LogP contribution is 1.97. The number of benzene rings is 1. The largest absolute Gasteiger partial charge is 0.396 e. The highest BCUT2D eigenvalue weighted by atomic mass is 16.2. The molecule has 0 amide bonds. The van der Waals surface area contributed by atoms with Gasteiger partial charge in [-0.05, 0) is 12.0 Å². The van der Waals surface area contributed by atoms with Crippen LogP contribution in [0.3, 0.4) is 0 Å². The third-order valence-electron chi connectivity index (χ3n) is 1.19. The summed E-state index contributed by atoms with van der Waals surface area (Å²) in [7, 11) is 0. The van der Waals surface area contributed by atoms with Crippen LogP contribution >= 0.6 is 0 Å². The van der Waals surface area contributed by atoms with Gasteiger partial charge in [0.1, 0.15) is 0 Å². The summed E-state index contributed by atoms with van der Waals surface area (Å²) in [5, 5.41) is 8.54. The van der Waals surface area contributed by atoms with Gasteiger partial charge in [-0.15, -0.1) is 0 Å². The first-order valence-electron chi connectivity index (χ1n) is 3.49. The van der Waals surface area contributed by atoms with E-state index in [1.165, 1.54) is 0 Å². The van der Waals surface area contributed by atoms with E-state index in [4.69, 9.17) is 6.48 Å². The van der Waals surface area contributed by atoms with Crippen LogP contribution in [0.1, 0.15) is 6.93 Å². The van der Waals surface area contributed by atoms with Crippen LogP contribution in [-0.4, -0.2) is 11.7 Å². The molecule has 9 heavy (non-hydrogen) atoms. The zero-order chi connectivity index (χ0) is 7.40. The standard InChI is InChI=1S/C8H10O/c9-7-6-8-4-2-1-3-5-8/h1-5,9H,6-7H2/i1D. The molecule has 1 nitrogen and oxygen atoms in total. The van der Waals surface area contributed by atoms with Crippen molar-refractivity contribution in [2.24, 2.45) is 0 Å². The summed E-state index contributed by atoms with van der Waals surface area (Å²) < 4.78 is 7.16. The molecule has 0 heterocycles. The molecule has 1 aromatic rings. The van der Waals surface area contributed by atoms with Gasteiger partial charge in [0, 0.05) is 6.61 Å². The Kier molecular flexibility index (Phi) is 1.81. The van der Waals surface area contributed by atoms with E-state index in [0.717, 1.165) is 5.56 Å². The molecule has 0 spiro atoms. The van der Waals surface area contributed by atoms with E-state index in [9.17, 15) is 0 Å². The molecule has 1 rings (SSSR count). The predicted octanol–water partition coefficient (Wildman–Crippen LogP) is 1.22. The van der Waals surface area contributed by atoms with E-state index in [1.807, 2.05) is 12.1 Å². The van der Waals surface area contributed by atoms with Gasteiger partial charge in [-0.1, -0.05) is 30.3 Å². The first-order chi connectivity index (χ1) is 4.83. The van der Waals surface area contributed by atoms with E-state index in [2.05, 4.69) is 0 Å². The molecule has 0 saturated heterocycles. The summed E-state index contributed by atoms with van der Waals surface area (Å²) in [5.74, 6) is 0. The fourth-order valence-corrected chi connectivity index (χ4v) is 0.717. The number of rotatable bonds is 2. The van der Waals surface area contributed by atoms with Crippen molar-refractivity contribution in [3.63, 3.8) is 0 Å². The van der Waals surface area contributed by atoms with Crippen LogP contribution < -0.4 is 0 Å². The number of aliphatic hydroxyl groups is 1. The maximum Gasteiger partial charge on any atom is 0.0623 e.